The predicted molar refractivity (Wildman–Crippen MR) is 85.2 cm³/mol. The Morgan fingerprint density at radius 1 is 1.30 bits per heavy atom. The molecule has 0 bridgehead atoms. The number of rotatable bonds is 4. The number of nitrogens with zero attached hydrogens (tertiary/aromatic N) is 5. The maximum atomic E-state index is 5.49. The van der Waals surface area contributed by atoms with Gasteiger partial charge in [0.25, 0.3) is 0 Å². The summed E-state index contributed by atoms with van der Waals surface area (Å²) in [7, 11) is 0. The summed E-state index contributed by atoms with van der Waals surface area (Å²) in [6, 6.07) is 2.49. The molecular weight excluding hydrogens is 292 g/mol. The van der Waals surface area contributed by atoms with Crippen molar-refractivity contribution in [1.29, 1.82) is 0 Å². The summed E-state index contributed by atoms with van der Waals surface area (Å²) in [5.41, 5.74) is 2.03. The SMILES string of the molecule is Cc1cc2c(N[C@H]3CC[C@@H](Cc4nnc(C)o4)C3)nccn2n1. The molecule has 0 radical (unpaired) electrons. The van der Waals surface area contributed by atoms with Crippen molar-refractivity contribution in [2.75, 3.05) is 5.32 Å². The lowest BCUT2D eigenvalue weighted by molar-refractivity contribution is 0.416. The molecule has 1 aliphatic rings. The van der Waals surface area contributed by atoms with Crippen LogP contribution in [0.3, 0.4) is 0 Å². The first-order valence-corrected chi connectivity index (χ1v) is 8.04. The van der Waals surface area contributed by atoms with Crippen LogP contribution in [0.2, 0.25) is 0 Å². The minimum atomic E-state index is 0.429. The Bertz CT molecular complexity index is 823. The van der Waals surface area contributed by atoms with Crippen molar-refractivity contribution >= 4 is 11.3 Å². The topological polar surface area (TPSA) is 81.1 Å². The number of hydrogen-bond acceptors (Lipinski definition) is 6. The zero-order valence-electron chi connectivity index (χ0n) is 13.4. The minimum Gasteiger partial charge on any atom is -0.426 e. The molecule has 2 atom stereocenters. The molecule has 1 aliphatic carbocycles. The largest absolute Gasteiger partial charge is 0.426 e. The molecule has 23 heavy (non-hydrogen) atoms. The number of hydrogen-bond donors (Lipinski definition) is 1. The third-order valence-electron chi connectivity index (χ3n) is 4.43. The Kier molecular flexibility index (Phi) is 3.48. The number of nitrogens with one attached hydrogen (secondary N) is 1. The molecule has 3 aromatic heterocycles. The van der Waals surface area contributed by atoms with E-state index in [0.29, 0.717) is 17.9 Å². The summed E-state index contributed by atoms with van der Waals surface area (Å²) in [5.74, 6) is 2.88. The van der Waals surface area contributed by atoms with Gasteiger partial charge in [0.2, 0.25) is 11.8 Å². The Morgan fingerprint density at radius 2 is 2.22 bits per heavy atom. The van der Waals surface area contributed by atoms with Gasteiger partial charge in [0, 0.05) is 31.8 Å². The smallest absolute Gasteiger partial charge is 0.216 e. The third kappa shape index (κ3) is 2.91. The molecule has 7 nitrogen and oxygen atoms in total. The highest BCUT2D eigenvalue weighted by atomic mass is 16.4. The van der Waals surface area contributed by atoms with Crippen LogP contribution in [0.1, 0.15) is 36.7 Å². The van der Waals surface area contributed by atoms with E-state index in [1.54, 1.807) is 6.20 Å². The van der Waals surface area contributed by atoms with Gasteiger partial charge < -0.3 is 9.73 Å². The molecule has 0 aromatic carbocycles. The molecule has 120 valence electrons. The maximum Gasteiger partial charge on any atom is 0.216 e. The van der Waals surface area contributed by atoms with E-state index >= 15 is 0 Å². The van der Waals surface area contributed by atoms with Gasteiger partial charge in [-0.25, -0.2) is 9.50 Å². The molecule has 3 heterocycles. The van der Waals surface area contributed by atoms with E-state index in [9.17, 15) is 0 Å². The fourth-order valence-corrected chi connectivity index (χ4v) is 3.41. The molecule has 0 saturated heterocycles. The number of aromatic nitrogens is 5. The van der Waals surface area contributed by atoms with Crippen molar-refractivity contribution in [2.45, 2.75) is 45.6 Å². The van der Waals surface area contributed by atoms with Crippen molar-refractivity contribution in [3.8, 4) is 0 Å². The van der Waals surface area contributed by atoms with E-state index in [1.807, 2.05) is 24.6 Å². The van der Waals surface area contributed by atoms with Gasteiger partial charge in [0.05, 0.1) is 5.69 Å². The van der Waals surface area contributed by atoms with E-state index in [-0.39, 0.29) is 0 Å². The van der Waals surface area contributed by atoms with Crippen molar-refractivity contribution in [3.63, 3.8) is 0 Å². The van der Waals surface area contributed by atoms with Crippen LogP contribution in [0, 0.1) is 19.8 Å². The lowest BCUT2D eigenvalue weighted by atomic mass is 10.0. The second-order valence-corrected chi connectivity index (χ2v) is 6.33. The average molecular weight is 312 g/mol. The third-order valence-corrected chi connectivity index (χ3v) is 4.43. The van der Waals surface area contributed by atoms with Crippen LogP contribution < -0.4 is 5.32 Å². The molecule has 0 amide bonds. The lowest BCUT2D eigenvalue weighted by Gasteiger charge is -2.14. The molecule has 1 saturated carbocycles. The highest BCUT2D eigenvalue weighted by molar-refractivity contribution is 5.68. The predicted octanol–water partition coefficient (Wildman–Crippen LogP) is 2.55. The fraction of sp³-hybridized carbons (Fsp3) is 0.500. The van der Waals surface area contributed by atoms with Gasteiger partial charge in [0.1, 0.15) is 5.52 Å². The second-order valence-electron chi connectivity index (χ2n) is 6.33. The number of fused-ring (bicyclic) bond motifs is 1. The quantitative estimate of drug-likeness (QED) is 0.797. The van der Waals surface area contributed by atoms with Gasteiger partial charge >= 0.3 is 0 Å². The van der Waals surface area contributed by atoms with Crippen molar-refractivity contribution in [3.05, 3.63) is 35.9 Å². The summed E-state index contributed by atoms with van der Waals surface area (Å²) in [6.07, 6.45) is 7.92. The average Bonchev–Trinajstić information content (AvgIpc) is 3.20. The van der Waals surface area contributed by atoms with E-state index in [4.69, 9.17) is 4.42 Å². The van der Waals surface area contributed by atoms with Gasteiger partial charge in [0.15, 0.2) is 5.82 Å². The summed E-state index contributed by atoms with van der Waals surface area (Å²) in [6.45, 7) is 3.82. The Hall–Kier alpha value is -2.44. The summed E-state index contributed by atoms with van der Waals surface area (Å²) < 4.78 is 7.37. The fourth-order valence-electron chi connectivity index (χ4n) is 3.41. The molecule has 1 N–H and O–H groups in total. The summed E-state index contributed by atoms with van der Waals surface area (Å²) in [4.78, 5) is 4.48. The van der Waals surface area contributed by atoms with Gasteiger partial charge in [-0.3, -0.25) is 0 Å². The molecule has 0 spiro atoms. The first kappa shape index (κ1) is 14.2. The van der Waals surface area contributed by atoms with Gasteiger partial charge in [-0.1, -0.05) is 0 Å². The van der Waals surface area contributed by atoms with Crippen LogP contribution in [-0.2, 0) is 6.42 Å². The Morgan fingerprint density at radius 3 is 3.04 bits per heavy atom. The zero-order chi connectivity index (χ0) is 15.8. The summed E-state index contributed by atoms with van der Waals surface area (Å²) in [5, 5.41) is 16.0. The first-order chi connectivity index (χ1) is 11.2. The zero-order valence-corrected chi connectivity index (χ0v) is 13.4. The number of anilines is 1. The standard InChI is InChI=1S/C16H20N6O/c1-10-7-14-16(17-5-6-22(14)21-10)18-13-4-3-12(8-13)9-15-20-19-11(2)23-15/h5-7,12-13H,3-4,8-9H2,1-2H3,(H,17,18)/t12-,13+/m1/s1. The molecular formula is C16H20N6O. The van der Waals surface area contributed by atoms with E-state index in [2.05, 4.69) is 31.7 Å². The van der Waals surface area contributed by atoms with Gasteiger partial charge in [-0.15, -0.1) is 10.2 Å². The Labute approximate surface area is 134 Å². The molecule has 1 fully saturated rings. The Balaban J connectivity index is 1.43. The van der Waals surface area contributed by atoms with Crippen LogP contribution >= 0.6 is 0 Å². The van der Waals surface area contributed by atoms with Crippen LogP contribution in [0.5, 0.6) is 0 Å². The van der Waals surface area contributed by atoms with Crippen LogP contribution in [0.25, 0.3) is 5.52 Å². The van der Waals surface area contributed by atoms with Gasteiger partial charge in [-0.05, 0) is 38.2 Å². The monoisotopic (exact) mass is 312 g/mol. The minimum absolute atomic E-state index is 0.429. The van der Waals surface area contributed by atoms with Crippen molar-refractivity contribution in [1.82, 2.24) is 24.8 Å². The molecule has 4 rings (SSSR count). The molecule has 3 aromatic rings. The van der Waals surface area contributed by atoms with Gasteiger partial charge in [-0.2, -0.15) is 5.10 Å². The highest BCUT2D eigenvalue weighted by Gasteiger charge is 2.27. The van der Waals surface area contributed by atoms with Crippen molar-refractivity contribution < 1.29 is 4.42 Å². The molecule has 0 unspecified atom stereocenters. The van der Waals surface area contributed by atoms with E-state index in [1.165, 1.54) is 6.42 Å². The van der Waals surface area contributed by atoms with E-state index in [0.717, 1.165) is 42.2 Å². The first-order valence-electron chi connectivity index (χ1n) is 8.04. The normalized spacial score (nSPS) is 21.1. The maximum absolute atomic E-state index is 5.49. The second kappa shape index (κ2) is 5.64. The van der Waals surface area contributed by atoms with Crippen molar-refractivity contribution in [2.24, 2.45) is 5.92 Å². The molecule has 0 aliphatic heterocycles. The molecule has 7 heteroatoms. The van der Waals surface area contributed by atoms with Crippen LogP contribution in [0.15, 0.2) is 22.9 Å². The number of aryl methyl sites for hydroxylation is 2. The van der Waals surface area contributed by atoms with E-state index < -0.39 is 0 Å². The van der Waals surface area contributed by atoms with Crippen LogP contribution in [-0.4, -0.2) is 30.8 Å². The summed E-state index contributed by atoms with van der Waals surface area (Å²) >= 11 is 0. The van der Waals surface area contributed by atoms with Crippen LogP contribution in [0.4, 0.5) is 5.82 Å². The highest BCUT2D eigenvalue weighted by Crippen LogP contribution is 2.31. The lowest BCUT2D eigenvalue weighted by Crippen LogP contribution is -2.17.